The van der Waals surface area contributed by atoms with E-state index in [0.29, 0.717) is 0 Å². The molecule has 1 N–H and O–H groups in total. The molecule has 0 heterocycles. The van der Waals surface area contributed by atoms with Gasteiger partial charge < -0.3 is 5.11 Å². The maximum atomic E-state index is 12.1. The third kappa shape index (κ3) is 3.69. The Labute approximate surface area is 119 Å². The number of hydrogen-bond acceptors (Lipinski definition) is 3. The van der Waals surface area contributed by atoms with E-state index in [1.165, 1.54) is 12.1 Å². The van der Waals surface area contributed by atoms with E-state index < -0.39 is 22.5 Å². The minimum Gasteiger partial charge on any atom is -0.480 e. The van der Waals surface area contributed by atoms with Crippen molar-refractivity contribution in [2.24, 2.45) is 0 Å². The molecule has 0 unspecified atom stereocenters. The maximum absolute atomic E-state index is 12.1. The standard InChI is InChI=1S/C11H10INO4S/c1-2-7-13(8-11(14)15)18(16,17)10-5-3-9(12)4-6-10/h1,3-6H,7-8H2,(H,14,15). The summed E-state index contributed by atoms with van der Waals surface area (Å²) in [5.74, 6) is 0.892. The molecule has 0 aliphatic heterocycles. The first-order chi connectivity index (χ1) is 8.37. The number of terminal acetylenes is 1. The van der Waals surface area contributed by atoms with Gasteiger partial charge in [0.15, 0.2) is 0 Å². The van der Waals surface area contributed by atoms with Crippen LogP contribution in [0.25, 0.3) is 0 Å². The lowest BCUT2D eigenvalue weighted by atomic mass is 10.4. The van der Waals surface area contributed by atoms with Crippen LogP contribution in [-0.2, 0) is 14.8 Å². The number of benzene rings is 1. The Hall–Kier alpha value is -1.11. The number of hydrogen-bond donors (Lipinski definition) is 1. The molecular weight excluding hydrogens is 369 g/mol. The fourth-order valence-electron chi connectivity index (χ4n) is 1.23. The molecule has 0 spiro atoms. The minimum absolute atomic E-state index is 0.0272. The summed E-state index contributed by atoms with van der Waals surface area (Å²) in [7, 11) is -3.87. The average Bonchev–Trinajstić information content (AvgIpc) is 2.28. The first kappa shape index (κ1) is 14.9. The van der Waals surface area contributed by atoms with Crippen molar-refractivity contribution in [3.8, 4) is 12.3 Å². The van der Waals surface area contributed by atoms with Gasteiger partial charge in [0, 0.05) is 3.57 Å². The molecule has 0 atom stereocenters. The number of sulfonamides is 1. The van der Waals surface area contributed by atoms with Crippen LogP contribution in [0.3, 0.4) is 0 Å². The molecular formula is C11H10INO4S. The number of carboxylic acid groups (broad SMARTS) is 1. The fraction of sp³-hybridized carbons (Fsp3) is 0.182. The van der Waals surface area contributed by atoms with Crippen molar-refractivity contribution in [2.75, 3.05) is 13.1 Å². The second-order valence-corrected chi connectivity index (χ2v) is 6.51. The Bertz CT molecular complexity index is 574. The van der Waals surface area contributed by atoms with Gasteiger partial charge in [-0.15, -0.1) is 6.42 Å². The number of nitrogens with zero attached hydrogens (tertiary/aromatic N) is 1. The van der Waals surface area contributed by atoms with E-state index in [1.54, 1.807) is 12.1 Å². The molecule has 0 amide bonds. The molecule has 1 aromatic carbocycles. The lowest BCUT2D eigenvalue weighted by molar-refractivity contribution is -0.137. The highest BCUT2D eigenvalue weighted by Crippen LogP contribution is 2.16. The summed E-state index contributed by atoms with van der Waals surface area (Å²) >= 11 is 2.04. The Morgan fingerprint density at radius 3 is 2.39 bits per heavy atom. The number of rotatable bonds is 5. The lowest BCUT2D eigenvalue weighted by Crippen LogP contribution is -2.35. The molecule has 0 saturated heterocycles. The van der Waals surface area contributed by atoms with E-state index in [-0.39, 0.29) is 11.4 Å². The van der Waals surface area contributed by atoms with E-state index >= 15 is 0 Å². The molecule has 0 aliphatic carbocycles. The predicted molar refractivity (Wildman–Crippen MR) is 74.4 cm³/mol. The number of carboxylic acids is 1. The van der Waals surface area contributed by atoms with Crippen LogP contribution < -0.4 is 0 Å². The second kappa shape index (κ2) is 6.17. The van der Waals surface area contributed by atoms with Crippen molar-refractivity contribution in [1.82, 2.24) is 4.31 Å². The topological polar surface area (TPSA) is 74.7 Å². The first-order valence-electron chi connectivity index (χ1n) is 4.79. The van der Waals surface area contributed by atoms with Crippen molar-refractivity contribution >= 4 is 38.6 Å². The maximum Gasteiger partial charge on any atom is 0.318 e. The molecule has 0 fully saturated rings. The number of carbonyl (C=O) groups is 1. The number of halogens is 1. The zero-order chi connectivity index (χ0) is 13.8. The monoisotopic (exact) mass is 379 g/mol. The summed E-state index contributed by atoms with van der Waals surface area (Å²) in [4.78, 5) is 10.7. The summed E-state index contributed by atoms with van der Waals surface area (Å²) in [6, 6.07) is 6.09. The van der Waals surface area contributed by atoms with Crippen LogP contribution in [0.2, 0.25) is 0 Å². The molecule has 1 rings (SSSR count). The normalized spacial score (nSPS) is 11.2. The zero-order valence-electron chi connectivity index (χ0n) is 9.21. The first-order valence-corrected chi connectivity index (χ1v) is 7.31. The van der Waals surface area contributed by atoms with Gasteiger partial charge in [0.05, 0.1) is 11.4 Å². The Kier molecular flexibility index (Phi) is 5.13. The lowest BCUT2D eigenvalue weighted by Gasteiger charge is -2.17. The van der Waals surface area contributed by atoms with Crippen molar-refractivity contribution in [3.63, 3.8) is 0 Å². The molecule has 0 bridgehead atoms. The van der Waals surface area contributed by atoms with Crippen molar-refractivity contribution < 1.29 is 18.3 Å². The summed E-state index contributed by atoms with van der Waals surface area (Å²) in [6.07, 6.45) is 5.05. The number of aliphatic carboxylic acids is 1. The summed E-state index contributed by atoms with van der Waals surface area (Å²) in [6.45, 7) is -0.931. The van der Waals surface area contributed by atoms with Gasteiger partial charge in [-0.25, -0.2) is 8.42 Å². The van der Waals surface area contributed by atoms with Gasteiger partial charge >= 0.3 is 5.97 Å². The van der Waals surface area contributed by atoms with Crippen LogP contribution >= 0.6 is 22.6 Å². The summed E-state index contributed by atoms with van der Waals surface area (Å²) in [5, 5.41) is 8.69. The van der Waals surface area contributed by atoms with Gasteiger partial charge in [-0.2, -0.15) is 4.31 Å². The van der Waals surface area contributed by atoms with Gasteiger partial charge in [-0.05, 0) is 46.9 Å². The Balaban J connectivity index is 3.13. The highest BCUT2D eigenvalue weighted by molar-refractivity contribution is 14.1. The Morgan fingerprint density at radius 1 is 1.39 bits per heavy atom. The van der Waals surface area contributed by atoms with Gasteiger partial charge in [-0.3, -0.25) is 4.79 Å². The van der Waals surface area contributed by atoms with Crippen LogP contribution in [0.4, 0.5) is 0 Å². The largest absolute Gasteiger partial charge is 0.480 e. The fourth-order valence-corrected chi connectivity index (χ4v) is 2.90. The van der Waals surface area contributed by atoms with E-state index in [4.69, 9.17) is 11.5 Å². The van der Waals surface area contributed by atoms with Gasteiger partial charge in [0.1, 0.15) is 6.54 Å². The molecule has 7 heteroatoms. The van der Waals surface area contributed by atoms with Crippen LogP contribution in [-0.4, -0.2) is 36.9 Å². The van der Waals surface area contributed by atoms with Crippen LogP contribution in [0.15, 0.2) is 29.2 Å². The Morgan fingerprint density at radius 2 is 1.94 bits per heavy atom. The van der Waals surface area contributed by atoms with Crippen LogP contribution in [0, 0.1) is 15.9 Å². The quantitative estimate of drug-likeness (QED) is 0.612. The third-order valence-corrected chi connectivity index (χ3v) is 4.56. The van der Waals surface area contributed by atoms with Gasteiger partial charge in [0.25, 0.3) is 0 Å². The van der Waals surface area contributed by atoms with Crippen LogP contribution in [0.1, 0.15) is 0 Å². The smallest absolute Gasteiger partial charge is 0.318 e. The molecule has 5 nitrogen and oxygen atoms in total. The van der Waals surface area contributed by atoms with E-state index in [9.17, 15) is 13.2 Å². The molecule has 0 aliphatic rings. The highest BCUT2D eigenvalue weighted by atomic mass is 127. The molecule has 1 aromatic rings. The van der Waals surface area contributed by atoms with Crippen molar-refractivity contribution in [2.45, 2.75) is 4.90 Å². The molecule has 0 saturated carbocycles. The average molecular weight is 379 g/mol. The summed E-state index contributed by atoms with van der Waals surface area (Å²) < 4.78 is 25.9. The predicted octanol–water partition coefficient (Wildman–Crippen LogP) is 1.000. The minimum atomic E-state index is -3.87. The molecule has 0 radical (unpaired) electrons. The SMILES string of the molecule is C#CCN(CC(=O)O)S(=O)(=O)c1ccc(I)cc1. The molecule has 96 valence electrons. The van der Waals surface area contributed by atoms with E-state index in [2.05, 4.69) is 5.92 Å². The van der Waals surface area contributed by atoms with Gasteiger partial charge in [-0.1, -0.05) is 5.92 Å². The van der Waals surface area contributed by atoms with E-state index in [0.717, 1.165) is 7.88 Å². The summed E-state index contributed by atoms with van der Waals surface area (Å²) in [5.41, 5.74) is 0. The van der Waals surface area contributed by atoms with Gasteiger partial charge in [0.2, 0.25) is 10.0 Å². The van der Waals surface area contributed by atoms with Crippen molar-refractivity contribution in [1.29, 1.82) is 0 Å². The highest BCUT2D eigenvalue weighted by Gasteiger charge is 2.25. The molecule has 18 heavy (non-hydrogen) atoms. The third-order valence-electron chi connectivity index (χ3n) is 2.03. The van der Waals surface area contributed by atoms with E-state index in [1.807, 2.05) is 22.6 Å². The van der Waals surface area contributed by atoms with Crippen LogP contribution in [0.5, 0.6) is 0 Å². The zero-order valence-corrected chi connectivity index (χ0v) is 12.2. The second-order valence-electron chi connectivity index (χ2n) is 3.32. The van der Waals surface area contributed by atoms with Crippen molar-refractivity contribution in [3.05, 3.63) is 27.8 Å². The molecule has 0 aromatic heterocycles.